The molecule has 3 heterocycles. The van der Waals surface area contributed by atoms with E-state index in [0.29, 0.717) is 6.61 Å². The lowest BCUT2D eigenvalue weighted by Gasteiger charge is -2.29. The summed E-state index contributed by atoms with van der Waals surface area (Å²) in [5.74, 6) is 0.189. The van der Waals surface area contributed by atoms with Crippen LogP contribution < -0.4 is 0 Å². The highest BCUT2D eigenvalue weighted by atomic mass is 16.5. The maximum atomic E-state index is 12.4. The van der Waals surface area contributed by atoms with Gasteiger partial charge in [-0.05, 0) is 26.7 Å². The third-order valence-corrected chi connectivity index (χ3v) is 4.01. The first-order valence-electron chi connectivity index (χ1n) is 6.36. The van der Waals surface area contributed by atoms with Crippen molar-refractivity contribution in [2.45, 2.75) is 44.9 Å². The van der Waals surface area contributed by atoms with E-state index in [1.54, 1.807) is 0 Å². The van der Waals surface area contributed by atoms with Crippen LogP contribution in [0.4, 0.5) is 0 Å². The lowest BCUT2D eigenvalue weighted by molar-refractivity contribution is -0.138. The van der Waals surface area contributed by atoms with Gasteiger partial charge >= 0.3 is 0 Å². The van der Waals surface area contributed by atoms with Gasteiger partial charge in [-0.3, -0.25) is 4.79 Å². The Balaban J connectivity index is 1.89. The molecule has 3 fully saturated rings. The molecule has 17 heavy (non-hydrogen) atoms. The third kappa shape index (κ3) is 1.70. The molecule has 0 radical (unpaired) electrons. The average molecular weight is 237 g/mol. The van der Waals surface area contributed by atoms with E-state index >= 15 is 0 Å². The number of hydrogen-bond acceptors (Lipinski definition) is 3. The molecule has 0 N–H and O–H groups in total. The number of nitrogens with zero attached hydrogens (tertiary/aromatic N) is 1. The van der Waals surface area contributed by atoms with Gasteiger partial charge in [-0.15, -0.1) is 0 Å². The van der Waals surface area contributed by atoms with Crippen LogP contribution in [-0.2, 0) is 14.3 Å². The van der Waals surface area contributed by atoms with E-state index in [4.69, 9.17) is 9.47 Å². The second-order valence-electron chi connectivity index (χ2n) is 5.49. The van der Waals surface area contributed by atoms with Gasteiger partial charge in [0.2, 0.25) is 0 Å². The normalized spacial score (nSPS) is 32.2. The van der Waals surface area contributed by atoms with E-state index in [2.05, 4.69) is 0 Å². The van der Waals surface area contributed by atoms with Crippen molar-refractivity contribution in [3.63, 3.8) is 0 Å². The largest absolute Gasteiger partial charge is 0.381 e. The van der Waals surface area contributed by atoms with Gasteiger partial charge in [-0.2, -0.15) is 0 Å². The van der Waals surface area contributed by atoms with Gasteiger partial charge in [-0.1, -0.05) is 5.57 Å². The topological polar surface area (TPSA) is 38.8 Å². The smallest absolute Gasteiger partial charge is 0.252 e. The lowest BCUT2D eigenvalue weighted by atomic mass is 9.98. The zero-order valence-corrected chi connectivity index (χ0v) is 10.5. The average Bonchev–Trinajstić information content (AvgIpc) is 2.80. The molecule has 0 spiro atoms. The van der Waals surface area contributed by atoms with Crippen molar-refractivity contribution in [1.29, 1.82) is 0 Å². The predicted molar refractivity (Wildman–Crippen MR) is 62.4 cm³/mol. The van der Waals surface area contributed by atoms with Crippen LogP contribution in [0.5, 0.6) is 0 Å². The van der Waals surface area contributed by atoms with Crippen LogP contribution in [0, 0.1) is 0 Å². The van der Waals surface area contributed by atoms with Crippen molar-refractivity contribution in [2.24, 2.45) is 0 Å². The van der Waals surface area contributed by atoms with E-state index in [-0.39, 0.29) is 11.9 Å². The van der Waals surface area contributed by atoms with Gasteiger partial charge in [-0.25, -0.2) is 0 Å². The molecule has 0 aromatic heterocycles. The Morgan fingerprint density at radius 3 is 2.65 bits per heavy atom. The quantitative estimate of drug-likeness (QED) is 0.599. The molecule has 3 aliphatic rings. The first-order chi connectivity index (χ1) is 8.09. The van der Waals surface area contributed by atoms with Crippen molar-refractivity contribution in [3.8, 4) is 0 Å². The number of fused-ring (bicyclic) bond motifs is 1. The summed E-state index contributed by atoms with van der Waals surface area (Å²) in [6.07, 6.45) is 2.70. The van der Waals surface area contributed by atoms with E-state index in [9.17, 15) is 4.79 Å². The van der Waals surface area contributed by atoms with E-state index < -0.39 is 5.72 Å². The highest BCUT2D eigenvalue weighted by Gasteiger charge is 2.50. The molecule has 0 aromatic carbocycles. The zero-order chi connectivity index (χ0) is 12.0. The maximum Gasteiger partial charge on any atom is 0.252 e. The number of amides is 1. The minimum absolute atomic E-state index is 0.189. The Kier molecular flexibility index (Phi) is 2.52. The van der Waals surface area contributed by atoms with Gasteiger partial charge < -0.3 is 14.4 Å². The highest BCUT2D eigenvalue weighted by Crippen LogP contribution is 2.39. The van der Waals surface area contributed by atoms with Crippen LogP contribution in [0.1, 0.15) is 33.1 Å². The Morgan fingerprint density at radius 1 is 1.29 bits per heavy atom. The molecular formula is C13H19NO3. The first-order valence-corrected chi connectivity index (χ1v) is 6.36. The van der Waals surface area contributed by atoms with Crippen LogP contribution in [0.2, 0.25) is 0 Å². The lowest BCUT2D eigenvalue weighted by Crippen LogP contribution is -2.43. The van der Waals surface area contributed by atoms with Crippen LogP contribution in [0.3, 0.4) is 0 Å². The summed E-state index contributed by atoms with van der Waals surface area (Å²) >= 11 is 0. The Morgan fingerprint density at radius 2 is 2.00 bits per heavy atom. The second-order valence-corrected chi connectivity index (χ2v) is 5.49. The highest BCUT2D eigenvalue weighted by molar-refractivity contribution is 5.97. The summed E-state index contributed by atoms with van der Waals surface area (Å²) in [5.41, 5.74) is 1.91. The molecule has 3 saturated heterocycles. The number of carbonyl (C=O) groups is 1. The number of ether oxygens (including phenoxy) is 2. The Labute approximate surface area is 102 Å². The number of carbonyl (C=O) groups excluding carboxylic acids is 1. The minimum Gasteiger partial charge on any atom is -0.381 e. The summed E-state index contributed by atoms with van der Waals surface area (Å²) in [4.78, 5) is 14.4. The monoisotopic (exact) mass is 237 g/mol. The molecule has 0 saturated carbocycles. The van der Waals surface area contributed by atoms with Crippen molar-refractivity contribution in [2.75, 3.05) is 19.8 Å². The van der Waals surface area contributed by atoms with E-state index in [0.717, 1.165) is 38.0 Å². The first kappa shape index (κ1) is 11.2. The fourth-order valence-corrected chi connectivity index (χ4v) is 3.13. The van der Waals surface area contributed by atoms with Gasteiger partial charge in [0.25, 0.3) is 5.91 Å². The fraction of sp³-hybridized carbons (Fsp3) is 0.769. The van der Waals surface area contributed by atoms with Crippen molar-refractivity contribution >= 4 is 5.91 Å². The molecule has 94 valence electrons. The fourth-order valence-electron chi connectivity index (χ4n) is 3.13. The van der Waals surface area contributed by atoms with E-state index in [1.807, 2.05) is 18.7 Å². The van der Waals surface area contributed by atoms with Crippen LogP contribution in [0.25, 0.3) is 0 Å². The van der Waals surface area contributed by atoms with Gasteiger partial charge in [0, 0.05) is 12.0 Å². The van der Waals surface area contributed by atoms with Crippen molar-refractivity contribution in [3.05, 3.63) is 11.1 Å². The molecule has 0 aromatic rings. The molecule has 1 unspecified atom stereocenters. The molecule has 3 aliphatic heterocycles. The molecule has 4 nitrogen and oxygen atoms in total. The second kappa shape index (κ2) is 3.82. The van der Waals surface area contributed by atoms with E-state index in [1.165, 1.54) is 5.57 Å². The van der Waals surface area contributed by atoms with Crippen LogP contribution in [-0.4, -0.2) is 42.4 Å². The van der Waals surface area contributed by atoms with Gasteiger partial charge in [0.1, 0.15) is 5.72 Å². The molecular weight excluding hydrogens is 218 g/mol. The van der Waals surface area contributed by atoms with Gasteiger partial charge in [0.15, 0.2) is 0 Å². The number of hydrogen-bond donors (Lipinski definition) is 0. The molecule has 3 rings (SSSR count). The Bertz CT molecular complexity index is 378. The SMILES string of the molecule is CC1(C)OCC2CC(=C3CCOCC3)C(=O)N21. The van der Waals surface area contributed by atoms with Gasteiger partial charge in [0.05, 0.1) is 25.9 Å². The third-order valence-electron chi connectivity index (χ3n) is 4.01. The number of rotatable bonds is 0. The van der Waals surface area contributed by atoms with Crippen molar-refractivity contribution in [1.82, 2.24) is 4.90 Å². The summed E-state index contributed by atoms with van der Waals surface area (Å²) in [6.45, 7) is 6.14. The van der Waals surface area contributed by atoms with Crippen molar-refractivity contribution < 1.29 is 14.3 Å². The summed E-state index contributed by atoms with van der Waals surface area (Å²) in [6, 6.07) is 0.253. The predicted octanol–water partition coefficient (Wildman–Crippen LogP) is 1.46. The molecule has 1 atom stereocenters. The van der Waals surface area contributed by atoms with Crippen LogP contribution >= 0.6 is 0 Å². The molecule has 0 bridgehead atoms. The molecule has 4 heteroatoms. The summed E-state index contributed by atoms with van der Waals surface area (Å²) in [5, 5.41) is 0. The summed E-state index contributed by atoms with van der Waals surface area (Å²) in [7, 11) is 0. The van der Waals surface area contributed by atoms with Crippen LogP contribution in [0.15, 0.2) is 11.1 Å². The molecule has 1 amide bonds. The maximum absolute atomic E-state index is 12.4. The zero-order valence-electron chi connectivity index (χ0n) is 10.5. The molecule has 0 aliphatic carbocycles. The minimum atomic E-state index is -0.435. The standard InChI is InChI=1S/C13H19NO3/c1-13(2)14-10(8-17-13)7-11(12(14)15)9-3-5-16-6-4-9/h10H,3-8H2,1-2H3. The Hall–Kier alpha value is -0.870. The summed E-state index contributed by atoms with van der Waals surface area (Å²) < 4.78 is 11.0.